The average molecular weight is 394 g/mol. The highest BCUT2D eigenvalue weighted by Crippen LogP contribution is 2.28. The molecule has 0 aliphatic carbocycles. The lowest BCUT2D eigenvalue weighted by atomic mass is 10.1. The van der Waals surface area contributed by atoms with E-state index >= 15 is 0 Å². The fourth-order valence-corrected chi connectivity index (χ4v) is 2.93. The Hall–Kier alpha value is -2.91. The van der Waals surface area contributed by atoms with Crippen molar-refractivity contribution in [1.82, 2.24) is 15.0 Å². The van der Waals surface area contributed by atoms with Crippen LogP contribution in [0.1, 0.15) is 35.3 Å². The number of nitrogens with zero attached hydrogens (tertiary/aromatic N) is 5. The summed E-state index contributed by atoms with van der Waals surface area (Å²) in [4.78, 5) is 28.5. The maximum Gasteiger partial charge on any atom is 0.433 e. The predicted molar refractivity (Wildman–Crippen MR) is 99.6 cm³/mol. The molecule has 1 amide bonds. The van der Waals surface area contributed by atoms with Crippen molar-refractivity contribution in [1.29, 1.82) is 0 Å². The molecule has 2 aromatic rings. The van der Waals surface area contributed by atoms with Crippen LogP contribution < -0.4 is 15.1 Å². The third-order valence-corrected chi connectivity index (χ3v) is 4.38. The zero-order valence-corrected chi connectivity index (χ0v) is 15.6. The second kappa shape index (κ2) is 7.99. The van der Waals surface area contributed by atoms with Crippen LogP contribution in [0.2, 0.25) is 0 Å². The number of hydrogen-bond acceptors (Lipinski definition) is 6. The van der Waals surface area contributed by atoms with E-state index in [4.69, 9.17) is 0 Å². The molecule has 0 spiro atoms. The molecule has 1 fully saturated rings. The smallest absolute Gasteiger partial charge is 0.361 e. The molecule has 10 heteroatoms. The number of carbonyl (C=O) groups is 1. The first kappa shape index (κ1) is 19.8. The van der Waals surface area contributed by atoms with Gasteiger partial charge >= 0.3 is 6.18 Å². The van der Waals surface area contributed by atoms with E-state index in [0.29, 0.717) is 17.5 Å². The molecule has 7 nitrogen and oxygen atoms in total. The van der Waals surface area contributed by atoms with Crippen molar-refractivity contribution in [3.8, 4) is 0 Å². The topological polar surface area (TPSA) is 74.2 Å². The van der Waals surface area contributed by atoms with Gasteiger partial charge in [-0.25, -0.2) is 4.98 Å². The van der Waals surface area contributed by atoms with Gasteiger partial charge in [-0.15, -0.1) is 0 Å². The van der Waals surface area contributed by atoms with Crippen molar-refractivity contribution in [2.24, 2.45) is 0 Å². The number of pyridine rings is 1. The van der Waals surface area contributed by atoms with Gasteiger partial charge < -0.3 is 15.1 Å². The van der Waals surface area contributed by atoms with Crippen molar-refractivity contribution < 1.29 is 18.0 Å². The highest BCUT2D eigenvalue weighted by atomic mass is 19.4. The van der Waals surface area contributed by atoms with Crippen LogP contribution >= 0.6 is 0 Å². The molecule has 0 aromatic carbocycles. The van der Waals surface area contributed by atoms with Crippen molar-refractivity contribution in [3.63, 3.8) is 0 Å². The molecule has 3 heterocycles. The summed E-state index contributed by atoms with van der Waals surface area (Å²) in [7, 11) is 3.58. The van der Waals surface area contributed by atoms with Gasteiger partial charge in [0.25, 0.3) is 5.91 Å². The third kappa shape index (κ3) is 4.49. The molecule has 2 aromatic heterocycles. The number of halogens is 3. The summed E-state index contributed by atoms with van der Waals surface area (Å²) in [6, 6.07) is 1.86. The molecule has 0 bridgehead atoms. The Bertz CT molecular complexity index is 832. The van der Waals surface area contributed by atoms with Crippen LogP contribution in [-0.2, 0) is 6.18 Å². The molecule has 1 aliphatic rings. The number of hydrogen-bond donors (Lipinski definition) is 1. The van der Waals surface area contributed by atoms with Gasteiger partial charge in [-0.2, -0.15) is 18.2 Å². The van der Waals surface area contributed by atoms with Crippen LogP contribution in [0.25, 0.3) is 0 Å². The maximum absolute atomic E-state index is 12.6. The van der Waals surface area contributed by atoms with E-state index in [2.05, 4.69) is 25.2 Å². The fraction of sp³-hybridized carbons (Fsp3) is 0.444. The predicted octanol–water partition coefficient (Wildman–Crippen LogP) is 3.20. The Balaban J connectivity index is 1.79. The van der Waals surface area contributed by atoms with Gasteiger partial charge in [0, 0.05) is 33.4 Å². The lowest BCUT2D eigenvalue weighted by molar-refractivity contribution is -0.141. The van der Waals surface area contributed by atoms with E-state index in [9.17, 15) is 18.0 Å². The van der Waals surface area contributed by atoms with Crippen LogP contribution in [-0.4, -0.2) is 48.0 Å². The highest BCUT2D eigenvalue weighted by Gasteiger charge is 2.32. The molecule has 3 rings (SSSR count). The molecule has 0 radical (unpaired) electrons. The largest absolute Gasteiger partial charge is 0.433 e. The Morgan fingerprint density at radius 1 is 1.11 bits per heavy atom. The number of alkyl halides is 3. The van der Waals surface area contributed by atoms with Crippen LogP contribution in [0.5, 0.6) is 0 Å². The average Bonchev–Trinajstić information content (AvgIpc) is 2.68. The second-order valence-electron chi connectivity index (χ2n) is 6.73. The number of aromatic nitrogens is 3. The Morgan fingerprint density at radius 2 is 1.82 bits per heavy atom. The Labute approximate surface area is 160 Å². The summed E-state index contributed by atoms with van der Waals surface area (Å²) >= 11 is 0. The van der Waals surface area contributed by atoms with E-state index in [0.717, 1.165) is 44.3 Å². The van der Waals surface area contributed by atoms with E-state index in [1.54, 1.807) is 19.0 Å². The molecular weight excluding hydrogens is 373 g/mol. The molecule has 0 atom stereocenters. The number of anilines is 3. The second-order valence-corrected chi connectivity index (χ2v) is 6.73. The number of amides is 1. The standard InChI is InChI=1S/C18H21F3N6O/c1-26(2)15-13(11-23-17(25-15)27-8-4-3-5-9-27)24-16(28)12-6-7-14(22-10-12)18(19,20)21/h6-7,10-11H,3-5,8-9H2,1-2H3,(H,24,28). The minimum atomic E-state index is -4.55. The van der Waals surface area contributed by atoms with Crippen LogP contribution in [0, 0.1) is 0 Å². The first-order chi connectivity index (χ1) is 13.3. The SMILES string of the molecule is CN(C)c1nc(N2CCCCC2)ncc1NC(=O)c1ccc(C(F)(F)F)nc1. The minimum Gasteiger partial charge on any atom is -0.361 e. The Morgan fingerprint density at radius 3 is 2.39 bits per heavy atom. The van der Waals surface area contributed by atoms with Gasteiger partial charge in [0.15, 0.2) is 5.82 Å². The summed E-state index contributed by atoms with van der Waals surface area (Å²) in [5.74, 6) is 0.528. The maximum atomic E-state index is 12.6. The first-order valence-corrected chi connectivity index (χ1v) is 8.89. The van der Waals surface area contributed by atoms with E-state index in [1.807, 2.05) is 0 Å². The summed E-state index contributed by atoms with van der Waals surface area (Å²) in [6.07, 6.45) is 1.22. The molecule has 1 N–H and O–H groups in total. The number of rotatable bonds is 4. The fourth-order valence-electron chi connectivity index (χ4n) is 2.93. The number of piperidine rings is 1. The minimum absolute atomic E-state index is 0.0119. The molecule has 28 heavy (non-hydrogen) atoms. The summed E-state index contributed by atoms with van der Waals surface area (Å²) in [5.41, 5.74) is -0.666. The number of carbonyl (C=O) groups excluding carboxylic acids is 1. The summed E-state index contributed by atoms with van der Waals surface area (Å²) < 4.78 is 37.8. The lowest BCUT2D eigenvalue weighted by Crippen LogP contribution is -2.31. The van der Waals surface area contributed by atoms with Gasteiger partial charge in [-0.1, -0.05) is 0 Å². The van der Waals surface area contributed by atoms with Gasteiger partial charge in [-0.05, 0) is 31.4 Å². The van der Waals surface area contributed by atoms with Gasteiger partial charge in [0.1, 0.15) is 11.4 Å². The van der Waals surface area contributed by atoms with Crippen molar-refractivity contribution in [2.45, 2.75) is 25.4 Å². The van der Waals surface area contributed by atoms with E-state index < -0.39 is 17.8 Å². The van der Waals surface area contributed by atoms with Gasteiger partial charge in [0.2, 0.25) is 5.95 Å². The van der Waals surface area contributed by atoms with E-state index in [1.165, 1.54) is 12.6 Å². The third-order valence-electron chi connectivity index (χ3n) is 4.38. The summed E-state index contributed by atoms with van der Waals surface area (Å²) in [5, 5.41) is 2.65. The zero-order chi connectivity index (χ0) is 20.3. The zero-order valence-electron chi connectivity index (χ0n) is 15.6. The van der Waals surface area contributed by atoms with Crippen molar-refractivity contribution >= 4 is 23.4 Å². The van der Waals surface area contributed by atoms with Crippen molar-refractivity contribution in [2.75, 3.05) is 42.3 Å². The number of nitrogens with one attached hydrogen (secondary N) is 1. The lowest BCUT2D eigenvalue weighted by Gasteiger charge is -2.28. The first-order valence-electron chi connectivity index (χ1n) is 8.89. The quantitative estimate of drug-likeness (QED) is 0.859. The Kier molecular flexibility index (Phi) is 5.66. The molecule has 0 saturated carbocycles. The van der Waals surface area contributed by atoms with Crippen LogP contribution in [0.3, 0.4) is 0 Å². The van der Waals surface area contributed by atoms with E-state index in [-0.39, 0.29) is 5.56 Å². The van der Waals surface area contributed by atoms with Crippen LogP contribution in [0.15, 0.2) is 24.5 Å². The molecular formula is C18H21F3N6O. The van der Waals surface area contributed by atoms with Crippen molar-refractivity contribution in [3.05, 3.63) is 35.8 Å². The monoisotopic (exact) mass is 394 g/mol. The molecule has 150 valence electrons. The summed E-state index contributed by atoms with van der Waals surface area (Å²) in [6.45, 7) is 1.77. The van der Waals surface area contributed by atoms with Gasteiger partial charge in [0.05, 0.1) is 11.8 Å². The molecule has 0 unspecified atom stereocenters. The molecule has 1 aliphatic heterocycles. The van der Waals surface area contributed by atoms with Gasteiger partial charge in [-0.3, -0.25) is 9.78 Å². The highest BCUT2D eigenvalue weighted by molar-refractivity contribution is 6.05. The van der Waals surface area contributed by atoms with Crippen LogP contribution in [0.4, 0.5) is 30.6 Å². The normalized spacial score (nSPS) is 14.7. The molecule has 1 saturated heterocycles.